The molecular formula is C13H13ClN2O. The molecule has 0 saturated carbocycles. The van der Waals surface area contributed by atoms with Crippen LogP contribution in [0.4, 0.5) is 0 Å². The van der Waals surface area contributed by atoms with Crippen molar-refractivity contribution < 1.29 is 4.79 Å². The summed E-state index contributed by atoms with van der Waals surface area (Å²) in [5.41, 5.74) is 1.13. The van der Waals surface area contributed by atoms with Gasteiger partial charge in [0.1, 0.15) is 11.6 Å². The number of carbonyl (C=O) groups is 1. The van der Waals surface area contributed by atoms with Crippen LogP contribution < -0.4 is 0 Å². The molecular weight excluding hydrogens is 236 g/mol. The number of H-pyrrole nitrogens is 1. The Hall–Kier alpha value is -1.61. The zero-order valence-corrected chi connectivity index (χ0v) is 10.1. The molecule has 2 rings (SSSR count). The molecule has 17 heavy (non-hydrogen) atoms. The number of carbonyl (C=O) groups excluding carboxylic acids is 1. The van der Waals surface area contributed by atoms with Gasteiger partial charge < -0.3 is 4.98 Å². The fourth-order valence-electron chi connectivity index (χ4n) is 1.60. The Kier molecular flexibility index (Phi) is 3.94. The van der Waals surface area contributed by atoms with E-state index in [4.69, 9.17) is 11.6 Å². The highest BCUT2D eigenvalue weighted by atomic mass is 35.5. The first-order valence-corrected chi connectivity index (χ1v) is 5.86. The Labute approximate surface area is 105 Å². The zero-order valence-electron chi connectivity index (χ0n) is 9.32. The van der Waals surface area contributed by atoms with Gasteiger partial charge in [0.15, 0.2) is 0 Å². The number of aromatic nitrogens is 2. The Bertz CT molecular complexity index is 477. The highest BCUT2D eigenvalue weighted by Gasteiger charge is 2.05. The number of halogens is 1. The van der Waals surface area contributed by atoms with Crippen LogP contribution in [0.25, 0.3) is 0 Å². The lowest BCUT2D eigenvalue weighted by Gasteiger charge is -2.00. The maximum absolute atomic E-state index is 11.7. The minimum Gasteiger partial charge on any atom is -0.348 e. The summed E-state index contributed by atoms with van der Waals surface area (Å²) in [6.45, 7) is 0. The van der Waals surface area contributed by atoms with Crippen molar-refractivity contribution in [1.29, 1.82) is 0 Å². The number of Topliss-reactive ketones (excluding diaryl/α,β-unsaturated/α-hetero) is 1. The molecule has 1 heterocycles. The summed E-state index contributed by atoms with van der Waals surface area (Å²) in [4.78, 5) is 18.6. The average Bonchev–Trinajstić information content (AvgIpc) is 2.81. The van der Waals surface area contributed by atoms with Gasteiger partial charge in [0, 0.05) is 23.8 Å². The summed E-state index contributed by atoms with van der Waals surface area (Å²) in [5, 5.41) is 0.718. The van der Waals surface area contributed by atoms with E-state index in [0.717, 1.165) is 22.8 Å². The molecule has 0 fully saturated rings. The fraction of sp³-hybridized carbons (Fsp3) is 0.231. The molecule has 0 saturated heterocycles. The van der Waals surface area contributed by atoms with Crippen LogP contribution >= 0.6 is 11.6 Å². The number of nitrogens with one attached hydrogen (secondary N) is 1. The van der Waals surface area contributed by atoms with Crippen molar-refractivity contribution in [3.63, 3.8) is 0 Å². The van der Waals surface area contributed by atoms with Gasteiger partial charge in [-0.15, -0.1) is 0 Å². The molecule has 1 aromatic heterocycles. The summed E-state index contributed by atoms with van der Waals surface area (Å²) in [7, 11) is 0. The maximum atomic E-state index is 11.7. The van der Waals surface area contributed by atoms with Crippen molar-refractivity contribution in [2.45, 2.75) is 19.3 Å². The molecule has 1 N–H and O–H groups in total. The van der Waals surface area contributed by atoms with Crippen LogP contribution in [0.1, 0.15) is 17.8 Å². The quantitative estimate of drug-likeness (QED) is 0.884. The predicted molar refractivity (Wildman–Crippen MR) is 67.1 cm³/mol. The van der Waals surface area contributed by atoms with Gasteiger partial charge in [-0.05, 0) is 24.1 Å². The lowest BCUT2D eigenvalue weighted by molar-refractivity contribution is -0.118. The molecule has 4 heteroatoms. The molecule has 0 radical (unpaired) electrons. The molecule has 0 aliphatic heterocycles. The first-order chi connectivity index (χ1) is 8.24. The lowest BCUT2D eigenvalue weighted by atomic mass is 10.1. The number of nitrogens with zero attached hydrogens (tertiary/aromatic N) is 1. The largest absolute Gasteiger partial charge is 0.348 e. The van der Waals surface area contributed by atoms with Gasteiger partial charge in [-0.1, -0.05) is 23.7 Å². The second-order valence-corrected chi connectivity index (χ2v) is 4.31. The number of ketones is 1. The van der Waals surface area contributed by atoms with Crippen molar-refractivity contribution in [2.75, 3.05) is 0 Å². The maximum Gasteiger partial charge on any atom is 0.140 e. The number of benzene rings is 1. The van der Waals surface area contributed by atoms with E-state index in [1.807, 2.05) is 24.3 Å². The third-order valence-corrected chi connectivity index (χ3v) is 2.78. The van der Waals surface area contributed by atoms with E-state index in [1.165, 1.54) is 0 Å². The Morgan fingerprint density at radius 1 is 1.29 bits per heavy atom. The van der Waals surface area contributed by atoms with Gasteiger partial charge in [-0.25, -0.2) is 4.98 Å². The minimum absolute atomic E-state index is 0.190. The van der Waals surface area contributed by atoms with Crippen LogP contribution in [-0.4, -0.2) is 15.8 Å². The smallest absolute Gasteiger partial charge is 0.140 e. The van der Waals surface area contributed by atoms with Crippen LogP contribution in [0.5, 0.6) is 0 Å². The standard InChI is InChI=1S/C13H13ClN2O/c14-11-4-1-10(2-5-11)3-6-12(17)9-13-15-7-8-16-13/h1-2,4-5,7-8H,3,6,9H2,(H,15,16). The van der Waals surface area contributed by atoms with Crippen LogP contribution in [0.15, 0.2) is 36.7 Å². The van der Waals surface area contributed by atoms with Gasteiger partial charge >= 0.3 is 0 Å². The van der Waals surface area contributed by atoms with Crippen molar-refractivity contribution in [2.24, 2.45) is 0 Å². The second kappa shape index (κ2) is 5.64. The summed E-state index contributed by atoms with van der Waals surface area (Å²) in [6, 6.07) is 7.58. The van der Waals surface area contributed by atoms with E-state index in [1.54, 1.807) is 12.4 Å². The third-order valence-electron chi connectivity index (χ3n) is 2.53. The van der Waals surface area contributed by atoms with Gasteiger partial charge in [-0.2, -0.15) is 0 Å². The van der Waals surface area contributed by atoms with Gasteiger partial charge in [-0.3, -0.25) is 4.79 Å². The van der Waals surface area contributed by atoms with Gasteiger partial charge in [0.05, 0.1) is 6.42 Å². The first kappa shape index (κ1) is 11.9. The average molecular weight is 249 g/mol. The number of rotatable bonds is 5. The molecule has 0 atom stereocenters. The first-order valence-electron chi connectivity index (χ1n) is 5.48. The normalized spacial score (nSPS) is 10.4. The Morgan fingerprint density at radius 2 is 2.06 bits per heavy atom. The highest BCUT2D eigenvalue weighted by molar-refractivity contribution is 6.30. The molecule has 88 valence electrons. The molecule has 0 amide bonds. The lowest BCUT2D eigenvalue weighted by Crippen LogP contribution is -2.05. The molecule has 0 spiro atoms. The SMILES string of the molecule is O=C(CCc1ccc(Cl)cc1)Cc1ncc[nH]1. The summed E-state index contributed by atoms with van der Waals surface area (Å²) in [6.07, 6.45) is 5.03. The zero-order chi connectivity index (χ0) is 12.1. The van der Waals surface area contributed by atoms with E-state index in [-0.39, 0.29) is 5.78 Å². The van der Waals surface area contributed by atoms with Crippen LogP contribution in [0.2, 0.25) is 5.02 Å². The molecule has 0 aliphatic rings. The summed E-state index contributed by atoms with van der Waals surface area (Å²) in [5.74, 6) is 0.918. The van der Waals surface area contributed by atoms with Crippen LogP contribution in [0.3, 0.4) is 0 Å². The summed E-state index contributed by atoms with van der Waals surface area (Å²) >= 11 is 5.79. The molecule has 3 nitrogen and oxygen atoms in total. The number of hydrogen-bond acceptors (Lipinski definition) is 2. The van der Waals surface area contributed by atoms with E-state index < -0.39 is 0 Å². The Balaban J connectivity index is 1.82. The topological polar surface area (TPSA) is 45.8 Å². The predicted octanol–water partition coefficient (Wildman–Crippen LogP) is 2.81. The van der Waals surface area contributed by atoms with Crippen molar-refractivity contribution >= 4 is 17.4 Å². The number of imidazole rings is 1. The van der Waals surface area contributed by atoms with E-state index in [0.29, 0.717) is 12.8 Å². The highest BCUT2D eigenvalue weighted by Crippen LogP contribution is 2.11. The fourth-order valence-corrected chi connectivity index (χ4v) is 1.73. The third kappa shape index (κ3) is 3.71. The minimum atomic E-state index is 0.190. The monoisotopic (exact) mass is 248 g/mol. The van der Waals surface area contributed by atoms with Crippen molar-refractivity contribution in [1.82, 2.24) is 9.97 Å². The van der Waals surface area contributed by atoms with E-state index in [9.17, 15) is 4.79 Å². The molecule has 1 aromatic carbocycles. The van der Waals surface area contributed by atoms with E-state index >= 15 is 0 Å². The molecule has 2 aromatic rings. The van der Waals surface area contributed by atoms with Crippen molar-refractivity contribution in [3.8, 4) is 0 Å². The second-order valence-electron chi connectivity index (χ2n) is 3.88. The van der Waals surface area contributed by atoms with Crippen molar-refractivity contribution in [3.05, 3.63) is 53.1 Å². The molecule has 0 bridgehead atoms. The Morgan fingerprint density at radius 3 is 2.71 bits per heavy atom. The molecule has 0 aliphatic carbocycles. The number of hydrogen-bond donors (Lipinski definition) is 1. The van der Waals surface area contributed by atoms with Gasteiger partial charge in [0.25, 0.3) is 0 Å². The molecule has 0 unspecified atom stereocenters. The van der Waals surface area contributed by atoms with Gasteiger partial charge in [0.2, 0.25) is 0 Å². The summed E-state index contributed by atoms with van der Waals surface area (Å²) < 4.78 is 0. The van der Waals surface area contributed by atoms with Crippen LogP contribution in [-0.2, 0) is 17.6 Å². The van der Waals surface area contributed by atoms with E-state index in [2.05, 4.69) is 9.97 Å². The number of aromatic amines is 1. The van der Waals surface area contributed by atoms with Crippen LogP contribution in [0, 0.1) is 0 Å². The number of aryl methyl sites for hydroxylation is 1.